The molecule has 0 saturated carbocycles. The van der Waals surface area contributed by atoms with Gasteiger partial charge in [-0.2, -0.15) is 0 Å². The smallest absolute Gasteiger partial charge is 0.227 e. The Hall–Kier alpha value is -1.63. The third-order valence-electron chi connectivity index (χ3n) is 1.86. The van der Waals surface area contributed by atoms with Crippen molar-refractivity contribution in [3.8, 4) is 0 Å². The molecular weight excluding hydrogens is 299 g/mol. The summed E-state index contributed by atoms with van der Waals surface area (Å²) in [6.07, 6.45) is 2.82. The van der Waals surface area contributed by atoms with Gasteiger partial charge >= 0.3 is 0 Å². The van der Waals surface area contributed by atoms with Gasteiger partial charge in [0.05, 0.1) is 4.47 Å². The molecular formula is C10H5BrF3N3. The highest BCUT2D eigenvalue weighted by Gasteiger charge is 2.12. The van der Waals surface area contributed by atoms with E-state index in [9.17, 15) is 13.2 Å². The summed E-state index contributed by atoms with van der Waals surface area (Å²) in [5, 5.41) is 2.34. The second-order valence-electron chi connectivity index (χ2n) is 3.09. The second kappa shape index (κ2) is 4.70. The fourth-order valence-electron chi connectivity index (χ4n) is 1.15. The summed E-state index contributed by atoms with van der Waals surface area (Å²) in [7, 11) is 0. The van der Waals surface area contributed by atoms with Gasteiger partial charge in [-0.3, -0.25) is 0 Å². The highest BCUT2D eigenvalue weighted by molar-refractivity contribution is 9.10. The number of rotatable bonds is 2. The van der Waals surface area contributed by atoms with E-state index >= 15 is 0 Å². The van der Waals surface area contributed by atoms with Crippen LogP contribution in [0.1, 0.15) is 0 Å². The van der Waals surface area contributed by atoms with Crippen LogP contribution in [0.2, 0.25) is 0 Å². The SMILES string of the molecule is Fc1cc(F)c(Nc2ncc(Br)cn2)c(F)c1. The zero-order valence-corrected chi connectivity index (χ0v) is 9.80. The van der Waals surface area contributed by atoms with Crippen LogP contribution < -0.4 is 5.32 Å². The van der Waals surface area contributed by atoms with Crippen molar-refractivity contribution in [2.24, 2.45) is 0 Å². The molecule has 88 valence electrons. The summed E-state index contributed by atoms with van der Waals surface area (Å²) in [6, 6.07) is 1.15. The fraction of sp³-hybridized carbons (Fsp3) is 0. The molecule has 0 bridgehead atoms. The van der Waals surface area contributed by atoms with Crippen molar-refractivity contribution in [2.75, 3.05) is 5.32 Å². The molecule has 0 aliphatic heterocycles. The van der Waals surface area contributed by atoms with E-state index in [4.69, 9.17) is 0 Å². The number of benzene rings is 1. The van der Waals surface area contributed by atoms with E-state index in [-0.39, 0.29) is 5.95 Å². The van der Waals surface area contributed by atoms with E-state index in [1.165, 1.54) is 12.4 Å². The maximum Gasteiger partial charge on any atom is 0.227 e. The summed E-state index contributed by atoms with van der Waals surface area (Å²) in [4.78, 5) is 7.56. The molecule has 7 heteroatoms. The molecule has 0 atom stereocenters. The van der Waals surface area contributed by atoms with Gasteiger partial charge in [0.25, 0.3) is 0 Å². The number of nitrogens with one attached hydrogen (secondary N) is 1. The van der Waals surface area contributed by atoms with Gasteiger partial charge in [-0.25, -0.2) is 23.1 Å². The topological polar surface area (TPSA) is 37.8 Å². The number of hydrogen-bond donors (Lipinski definition) is 1. The molecule has 1 aromatic carbocycles. The summed E-state index contributed by atoms with van der Waals surface area (Å²) in [6.45, 7) is 0. The number of aromatic nitrogens is 2. The lowest BCUT2D eigenvalue weighted by molar-refractivity contribution is 0.548. The van der Waals surface area contributed by atoms with Gasteiger partial charge in [0, 0.05) is 24.5 Å². The van der Waals surface area contributed by atoms with Gasteiger partial charge < -0.3 is 5.32 Å². The predicted molar refractivity (Wildman–Crippen MR) is 59.3 cm³/mol. The molecule has 0 aliphatic carbocycles. The Morgan fingerprint density at radius 1 is 1.00 bits per heavy atom. The Balaban J connectivity index is 2.33. The quantitative estimate of drug-likeness (QED) is 0.924. The molecule has 3 nitrogen and oxygen atoms in total. The number of hydrogen-bond acceptors (Lipinski definition) is 3. The van der Waals surface area contributed by atoms with Crippen molar-refractivity contribution in [3.63, 3.8) is 0 Å². The number of anilines is 2. The van der Waals surface area contributed by atoms with Crippen LogP contribution in [-0.4, -0.2) is 9.97 Å². The Kier molecular flexibility index (Phi) is 3.28. The molecule has 0 fully saturated rings. The van der Waals surface area contributed by atoms with Crippen LogP contribution in [0.4, 0.5) is 24.8 Å². The third kappa shape index (κ3) is 2.73. The molecule has 2 rings (SSSR count). The Labute approximate surface area is 103 Å². The average molecular weight is 304 g/mol. The Morgan fingerprint density at radius 2 is 1.53 bits per heavy atom. The molecule has 0 spiro atoms. The van der Waals surface area contributed by atoms with Gasteiger partial charge in [-0.05, 0) is 15.9 Å². The molecule has 17 heavy (non-hydrogen) atoms. The normalized spacial score (nSPS) is 10.4. The van der Waals surface area contributed by atoms with Crippen molar-refractivity contribution >= 4 is 27.6 Å². The lowest BCUT2D eigenvalue weighted by atomic mass is 10.3. The van der Waals surface area contributed by atoms with Crippen LogP contribution in [0, 0.1) is 17.5 Å². The Morgan fingerprint density at radius 3 is 2.06 bits per heavy atom. The lowest BCUT2D eigenvalue weighted by Crippen LogP contribution is -2.02. The van der Waals surface area contributed by atoms with Gasteiger partial charge in [0.1, 0.15) is 11.5 Å². The van der Waals surface area contributed by atoms with E-state index in [2.05, 4.69) is 31.2 Å². The monoisotopic (exact) mass is 303 g/mol. The molecule has 0 saturated heterocycles. The minimum absolute atomic E-state index is 0.0117. The highest BCUT2D eigenvalue weighted by Crippen LogP contribution is 2.22. The van der Waals surface area contributed by atoms with E-state index in [1.807, 2.05) is 0 Å². The van der Waals surface area contributed by atoms with Crippen molar-refractivity contribution in [3.05, 3.63) is 46.5 Å². The summed E-state index contributed by atoms with van der Waals surface area (Å²) in [5.74, 6) is -3.07. The Bertz CT molecular complexity index is 522. The third-order valence-corrected chi connectivity index (χ3v) is 2.27. The van der Waals surface area contributed by atoms with Crippen LogP contribution in [0.15, 0.2) is 29.0 Å². The standard InChI is InChI=1S/C10H5BrF3N3/c11-5-3-15-10(16-4-5)17-9-7(13)1-6(12)2-8(9)14/h1-4H,(H,15,16,17). The van der Waals surface area contributed by atoms with E-state index in [1.54, 1.807) is 0 Å². The lowest BCUT2D eigenvalue weighted by Gasteiger charge is -2.06. The minimum atomic E-state index is -1.05. The van der Waals surface area contributed by atoms with Gasteiger partial charge in [-0.15, -0.1) is 0 Å². The number of halogens is 4. The van der Waals surface area contributed by atoms with Gasteiger partial charge in [0.15, 0.2) is 11.6 Å². The van der Waals surface area contributed by atoms with E-state index in [0.29, 0.717) is 16.6 Å². The van der Waals surface area contributed by atoms with Crippen molar-refractivity contribution in [1.29, 1.82) is 0 Å². The number of nitrogens with zero attached hydrogens (tertiary/aromatic N) is 2. The zero-order chi connectivity index (χ0) is 12.4. The highest BCUT2D eigenvalue weighted by atomic mass is 79.9. The van der Waals surface area contributed by atoms with E-state index < -0.39 is 23.1 Å². The molecule has 0 aliphatic rings. The first kappa shape index (κ1) is 11.8. The average Bonchev–Trinajstić information content (AvgIpc) is 2.26. The maximum atomic E-state index is 13.3. The summed E-state index contributed by atoms with van der Waals surface area (Å²) in [5.41, 5.74) is -0.492. The minimum Gasteiger partial charge on any atom is -0.319 e. The van der Waals surface area contributed by atoms with Gasteiger partial charge in [0.2, 0.25) is 5.95 Å². The van der Waals surface area contributed by atoms with Crippen LogP contribution in [-0.2, 0) is 0 Å². The summed E-state index contributed by atoms with van der Waals surface area (Å²) >= 11 is 3.12. The molecule has 0 amide bonds. The van der Waals surface area contributed by atoms with Crippen LogP contribution in [0.25, 0.3) is 0 Å². The molecule has 1 aromatic heterocycles. The first-order valence-electron chi connectivity index (χ1n) is 4.45. The second-order valence-corrected chi connectivity index (χ2v) is 4.01. The first-order valence-corrected chi connectivity index (χ1v) is 5.24. The van der Waals surface area contributed by atoms with Crippen LogP contribution in [0.5, 0.6) is 0 Å². The maximum absolute atomic E-state index is 13.3. The van der Waals surface area contributed by atoms with Crippen molar-refractivity contribution < 1.29 is 13.2 Å². The fourth-order valence-corrected chi connectivity index (χ4v) is 1.36. The summed E-state index contributed by atoms with van der Waals surface area (Å²) < 4.78 is 39.8. The molecule has 1 heterocycles. The molecule has 2 aromatic rings. The first-order chi connectivity index (χ1) is 8.06. The molecule has 0 radical (unpaired) electrons. The molecule has 0 unspecified atom stereocenters. The predicted octanol–water partition coefficient (Wildman–Crippen LogP) is 3.40. The van der Waals surface area contributed by atoms with E-state index in [0.717, 1.165) is 0 Å². The van der Waals surface area contributed by atoms with Crippen LogP contribution in [0.3, 0.4) is 0 Å². The van der Waals surface area contributed by atoms with Crippen LogP contribution >= 0.6 is 15.9 Å². The van der Waals surface area contributed by atoms with Gasteiger partial charge in [-0.1, -0.05) is 0 Å². The zero-order valence-electron chi connectivity index (χ0n) is 8.22. The largest absolute Gasteiger partial charge is 0.319 e. The van der Waals surface area contributed by atoms with Crippen molar-refractivity contribution in [1.82, 2.24) is 9.97 Å². The molecule has 1 N–H and O–H groups in total. The van der Waals surface area contributed by atoms with Crippen molar-refractivity contribution in [2.45, 2.75) is 0 Å².